The van der Waals surface area contributed by atoms with Crippen molar-refractivity contribution in [2.45, 2.75) is 4.21 Å². The fourth-order valence-electron chi connectivity index (χ4n) is 1.48. The molecule has 2 rings (SSSR count). The summed E-state index contributed by atoms with van der Waals surface area (Å²) in [6.45, 7) is 0. The summed E-state index contributed by atoms with van der Waals surface area (Å²) in [5, 5.41) is 19.5. The molecule has 0 atom stereocenters. The van der Waals surface area contributed by atoms with E-state index in [1.807, 2.05) is 4.72 Å². The molecular weight excluding hydrogens is 321 g/mol. The first-order valence-corrected chi connectivity index (χ1v) is 7.61. The second-order valence-corrected chi connectivity index (χ2v) is 6.72. The number of nitrogens with zero attached hydrogens (tertiary/aromatic N) is 2. The maximum absolute atomic E-state index is 13.6. The zero-order valence-electron chi connectivity index (χ0n) is 10.1. The Morgan fingerprint density at radius 1 is 1.33 bits per heavy atom. The lowest BCUT2D eigenvalue weighted by Gasteiger charge is -2.07. The Morgan fingerprint density at radius 3 is 2.62 bits per heavy atom. The standard InChI is InChI=1S/C11H6FN3O4S2/c12-8-2-1-3-9(15(16)17)11(8)14-21(18,19)10-5-4-7(6-13)20-10/h1-5,14H. The van der Waals surface area contributed by atoms with Crippen LogP contribution < -0.4 is 4.72 Å². The number of halogens is 1. The molecule has 0 radical (unpaired) electrons. The van der Waals surface area contributed by atoms with Crippen molar-refractivity contribution in [1.29, 1.82) is 5.26 Å². The molecule has 0 spiro atoms. The van der Waals surface area contributed by atoms with Crippen LogP contribution in [0.4, 0.5) is 15.8 Å². The second kappa shape index (κ2) is 5.47. The van der Waals surface area contributed by atoms with Gasteiger partial charge in [-0.3, -0.25) is 14.8 Å². The number of para-hydroxylation sites is 1. The van der Waals surface area contributed by atoms with E-state index in [2.05, 4.69) is 0 Å². The number of hydrogen-bond donors (Lipinski definition) is 1. The van der Waals surface area contributed by atoms with Gasteiger partial charge in [-0.05, 0) is 18.2 Å². The number of nitrogens with one attached hydrogen (secondary N) is 1. The van der Waals surface area contributed by atoms with Gasteiger partial charge in [0.05, 0.1) is 4.92 Å². The molecule has 1 aromatic carbocycles. The first-order chi connectivity index (χ1) is 9.85. The number of hydrogen-bond acceptors (Lipinski definition) is 6. The van der Waals surface area contributed by atoms with Gasteiger partial charge >= 0.3 is 0 Å². The molecule has 0 bridgehead atoms. The van der Waals surface area contributed by atoms with E-state index in [9.17, 15) is 22.9 Å². The Bertz CT molecular complexity index is 855. The third kappa shape index (κ3) is 2.99. The van der Waals surface area contributed by atoms with Crippen LogP contribution in [0, 0.1) is 27.3 Å². The van der Waals surface area contributed by atoms with Crippen LogP contribution in [0.1, 0.15) is 4.88 Å². The Labute approximate surface area is 122 Å². The summed E-state index contributed by atoms with van der Waals surface area (Å²) in [6.07, 6.45) is 0. The van der Waals surface area contributed by atoms with Gasteiger partial charge in [0.2, 0.25) is 0 Å². The van der Waals surface area contributed by atoms with E-state index >= 15 is 0 Å². The number of benzene rings is 1. The number of rotatable bonds is 4. The van der Waals surface area contributed by atoms with Crippen LogP contribution >= 0.6 is 11.3 Å². The highest BCUT2D eigenvalue weighted by Gasteiger charge is 2.25. The lowest BCUT2D eigenvalue weighted by Crippen LogP contribution is -2.14. The smallest absolute Gasteiger partial charge is 0.270 e. The molecule has 0 saturated carbocycles. The van der Waals surface area contributed by atoms with Crippen LogP contribution in [0.3, 0.4) is 0 Å². The molecule has 0 aliphatic carbocycles. The summed E-state index contributed by atoms with van der Waals surface area (Å²) in [7, 11) is -4.21. The Balaban J connectivity index is 2.47. The van der Waals surface area contributed by atoms with Crippen LogP contribution in [0.5, 0.6) is 0 Å². The molecule has 0 fully saturated rings. The molecule has 1 heterocycles. The van der Waals surface area contributed by atoms with Crippen molar-refractivity contribution >= 4 is 32.7 Å². The third-order valence-electron chi connectivity index (χ3n) is 2.38. The van der Waals surface area contributed by atoms with Gasteiger partial charge < -0.3 is 0 Å². The van der Waals surface area contributed by atoms with Gasteiger partial charge in [-0.1, -0.05) is 6.07 Å². The van der Waals surface area contributed by atoms with Gasteiger partial charge in [-0.15, -0.1) is 11.3 Å². The molecule has 108 valence electrons. The van der Waals surface area contributed by atoms with Crippen LogP contribution in [0.2, 0.25) is 0 Å². The highest BCUT2D eigenvalue weighted by atomic mass is 32.2. The molecule has 0 saturated heterocycles. The number of sulfonamides is 1. The van der Waals surface area contributed by atoms with Crippen LogP contribution in [-0.2, 0) is 10.0 Å². The minimum Gasteiger partial charge on any atom is -0.270 e. The van der Waals surface area contributed by atoms with E-state index < -0.39 is 32.1 Å². The van der Waals surface area contributed by atoms with E-state index in [0.717, 1.165) is 24.3 Å². The highest BCUT2D eigenvalue weighted by molar-refractivity contribution is 7.94. The molecule has 1 N–H and O–H groups in total. The van der Waals surface area contributed by atoms with E-state index in [1.54, 1.807) is 6.07 Å². The maximum atomic E-state index is 13.6. The number of nitriles is 1. The average Bonchev–Trinajstić information content (AvgIpc) is 2.90. The molecule has 0 aliphatic rings. The Morgan fingerprint density at radius 2 is 2.05 bits per heavy atom. The summed E-state index contributed by atoms with van der Waals surface area (Å²) >= 11 is 0.675. The third-order valence-corrected chi connectivity index (χ3v) is 5.21. The van der Waals surface area contributed by atoms with Gasteiger partial charge in [0.1, 0.15) is 15.2 Å². The van der Waals surface area contributed by atoms with Crippen molar-refractivity contribution < 1.29 is 17.7 Å². The highest BCUT2D eigenvalue weighted by Crippen LogP contribution is 2.30. The maximum Gasteiger partial charge on any atom is 0.296 e. The molecule has 0 aliphatic heterocycles. The fourth-order valence-corrected chi connectivity index (χ4v) is 3.66. The van der Waals surface area contributed by atoms with Crippen molar-refractivity contribution in [3.63, 3.8) is 0 Å². The van der Waals surface area contributed by atoms with Crippen molar-refractivity contribution in [2.24, 2.45) is 0 Å². The Hall–Kier alpha value is -2.51. The van der Waals surface area contributed by atoms with Gasteiger partial charge in [0, 0.05) is 6.07 Å². The van der Waals surface area contributed by atoms with E-state index in [0.29, 0.717) is 11.3 Å². The van der Waals surface area contributed by atoms with Crippen molar-refractivity contribution in [3.05, 3.63) is 51.1 Å². The summed E-state index contributed by atoms with van der Waals surface area (Å²) in [6, 6.07) is 7.21. The van der Waals surface area contributed by atoms with Crippen LogP contribution in [0.15, 0.2) is 34.5 Å². The molecule has 7 nitrogen and oxygen atoms in total. The fraction of sp³-hybridized carbons (Fsp3) is 0. The SMILES string of the molecule is N#Cc1ccc(S(=O)(=O)Nc2c(F)cccc2[N+](=O)[O-])s1. The van der Waals surface area contributed by atoms with Crippen molar-refractivity contribution in [3.8, 4) is 6.07 Å². The molecule has 2 aromatic rings. The van der Waals surface area contributed by atoms with Gasteiger partial charge in [0.25, 0.3) is 15.7 Å². The van der Waals surface area contributed by atoms with Crippen molar-refractivity contribution in [1.82, 2.24) is 0 Å². The molecule has 10 heteroatoms. The monoisotopic (exact) mass is 327 g/mol. The molecular formula is C11H6FN3O4S2. The molecule has 21 heavy (non-hydrogen) atoms. The van der Waals surface area contributed by atoms with E-state index in [-0.39, 0.29) is 9.09 Å². The lowest BCUT2D eigenvalue weighted by atomic mass is 10.2. The summed E-state index contributed by atoms with van der Waals surface area (Å²) in [5.41, 5.74) is -1.44. The number of thiophene rings is 1. The van der Waals surface area contributed by atoms with Gasteiger partial charge in [0.15, 0.2) is 11.5 Å². The summed E-state index contributed by atoms with van der Waals surface area (Å²) in [4.78, 5) is 10.1. The van der Waals surface area contributed by atoms with Crippen LogP contribution in [-0.4, -0.2) is 13.3 Å². The zero-order chi connectivity index (χ0) is 15.6. The van der Waals surface area contributed by atoms with E-state index in [1.165, 1.54) is 6.07 Å². The molecule has 0 amide bonds. The predicted octanol–water partition coefficient (Wildman–Crippen LogP) is 2.47. The minimum absolute atomic E-state index is 0.151. The molecule has 1 aromatic heterocycles. The number of nitro groups is 1. The topological polar surface area (TPSA) is 113 Å². The summed E-state index contributed by atoms with van der Waals surface area (Å²) < 4.78 is 39.4. The van der Waals surface area contributed by atoms with E-state index in [4.69, 9.17) is 5.26 Å². The second-order valence-electron chi connectivity index (χ2n) is 3.73. The van der Waals surface area contributed by atoms with Gasteiger partial charge in [-0.2, -0.15) is 5.26 Å². The van der Waals surface area contributed by atoms with Crippen molar-refractivity contribution in [2.75, 3.05) is 4.72 Å². The normalized spacial score (nSPS) is 10.9. The quantitative estimate of drug-likeness (QED) is 0.684. The summed E-state index contributed by atoms with van der Waals surface area (Å²) in [5.74, 6) is -1.06. The predicted molar refractivity (Wildman–Crippen MR) is 72.9 cm³/mol. The first-order valence-electron chi connectivity index (χ1n) is 5.31. The van der Waals surface area contributed by atoms with Crippen LogP contribution in [0.25, 0.3) is 0 Å². The van der Waals surface area contributed by atoms with Gasteiger partial charge in [-0.25, -0.2) is 12.8 Å². The Kier molecular flexibility index (Phi) is 3.88. The first kappa shape index (κ1) is 14.9. The largest absolute Gasteiger partial charge is 0.296 e. The number of nitro benzene ring substituents is 1. The average molecular weight is 327 g/mol. The number of anilines is 1. The molecule has 0 unspecified atom stereocenters. The lowest BCUT2D eigenvalue weighted by molar-refractivity contribution is -0.384. The zero-order valence-corrected chi connectivity index (χ0v) is 11.7. The minimum atomic E-state index is -4.21.